The zero-order chi connectivity index (χ0) is 20.4. The van der Waals surface area contributed by atoms with E-state index in [1.54, 1.807) is 6.20 Å². The molecule has 2 aliphatic rings. The second kappa shape index (κ2) is 8.24. The number of likely N-dealkylation sites (N-methyl/N-ethyl adjacent to an activating group) is 1. The van der Waals surface area contributed by atoms with E-state index in [-0.39, 0.29) is 17.4 Å². The molecule has 0 bridgehead atoms. The van der Waals surface area contributed by atoms with Gasteiger partial charge in [-0.2, -0.15) is 5.10 Å². The summed E-state index contributed by atoms with van der Waals surface area (Å²) in [4.78, 5) is 22.6. The van der Waals surface area contributed by atoms with Crippen molar-refractivity contribution in [2.75, 3.05) is 26.7 Å². The van der Waals surface area contributed by atoms with Crippen molar-refractivity contribution in [1.29, 1.82) is 0 Å². The lowest BCUT2D eigenvalue weighted by Crippen LogP contribution is -2.64. The number of nitrogens with zero attached hydrogens (tertiary/aromatic N) is 5. The number of amides is 1. The first-order valence-corrected chi connectivity index (χ1v) is 10.6. The summed E-state index contributed by atoms with van der Waals surface area (Å²) in [6, 6.07) is 6.06. The van der Waals surface area contributed by atoms with E-state index in [0.29, 0.717) is 6.54 Å². The van der Waals surface area contributed by atoms with Crippen molar-refractivity contribution in [3.8, 4) is 0 Å². The van der Waals surface area contributed by atoms with Crippen LogP contribution in [0.4, 0.5) is 0 Å². The molecule has 7 heteroatoms. The number of carbonyl (C=O) groups is 1. The van der Waals surface area contributed by atoms with Crippen molar-refractivity contribution < 1.29 is 4.79 Å². The fraction of sp³-hybridized carbons (Fsp3) is 0.591. The zero-order valence-corrected chi connectivity index (χ0v) is 17.8. The lowest BCUT2D eigenvalue weighted by molar-refractivity contribution is -0.144. The molecule has 0 spiro atoms. The molecule has 0 aromatic carbocycles. The minimum atomic E-state index is -0.303. The van der Waals surface area contributed by atoms with Gasteiger partial charge in [0.2, 0.25) is 5.91 Å². The van der Waals surface area contributed by atoms with Gasteiger partial charge < -0.3 is 10.2 Å². The topological polar surface area (TPSA) is 66.3 Å². The number of aryl methyl sites for hydroxylation is 1. The number of pyridine rings is 1. The first-order chi connectivity index (χ1) is 14.0. The Labute approximate surface area is 173 Å². The summed E-state index contributed by atoms with van der Waals surface area (Å²) in [7, 11) is 4.16. The molecule has 2 aliphatic heterocycles. The van der Waals surface area contributed by atoms with E-state index < -0.39 is 0 Å². The van der Waals surface area contributed by atoms with Crippen molar-refractivity contribution in [3.63, 3.8) is 0 Å². The Morgan fingerprint density at radius 1 is 1.28 bits per heavy atom. The van der Waals surface area contributed by atoms with Crippen LogP contribution in [0.3, 0.4) is 0 Å². The molecule has 0 unspecified atom stereocenters. The number of piperidine rings is 2. The first kappa shape index (κ1) is 20.0. The van der Waals surface area contributed by atoms with Crippen LogP contribution in [0.5, 0.6) is 0 Å². The largest absolute Gasteiger partial charge is 0.350 e. The molecular weight excluding hydrogens is 364 g/mol. The van der Waals surface area contributed by atoms with Crippen LogP contribution in [-0.4, -0.2) is 63.2 Å². The number of carbonyl (C=O) groups excluding carboxylic acids is 1. The summed E-state index contributed by atoms with van der Waals surface area (Å²) < 4.78 is 1.93. The predicted octanol–water partition coefficient (Wildman–Crippen LogP) is 1.73. The lowest BCUT2D eigenvalue weighted by Gasteiger charge is -2.53. The second-order valence-electron chi connectivity index (χ2n) is 8.62. The van der Waals surface area contributed by atoms with E-state index in [4.69, 9.17) is 0 Å². The highest BCUT2D eigenvalue weighted by Crippen LogP contribution is 2.42. The fourth-order valence-corrected chi connectivity index (χ4v) is 5.00. The number of nitrogens with one attached hydrogen (secondary N) is 1. The van der Waals surface area contributed by atoms with Gasteiger partial charge in [0.15, 0.2) is 0 Å². The quantitative estimate of drug-likeness (QED) is 0.834. The zero-order valence-electron chi connectivity index (χ0n) is 17.8. The van der Waals surface area contributed by atoms with Crippen molar-refractivity contribution in [2.24, 2.45) is 12.5 Å². The number of aromatic nitrogens is 3. The van der Waals surface area contributed by atoms with Crippen molar-refractivity contribution in [3.05, 3.63) is 47.5 Å². The van der Waals surface area contributed by atoms with Gasteiger partial charge in [0.25, 0.3) is 0 Å². The first-order valence-electron chi connectivity index (χ1n) is 10.6. The van der Waals surface area contributed by atoms with Gasteiger partial charge in [0, 0.05) is 43.6 Å². The van der Waals surface area contributed by atoms with Gasteiger partial charge in [-0.05, 0) is 58.5 Å². The minimum absolute atomic E-state index is 0.192. The third-order valence-corrected chi connectivity index (χ3v) is 6.95. The number of rotatable bonds is 5. The third kappa shape index (κ3) is 3.94. The lowest BCUT2D eigenvalue weighted by atomic mass is 9.67. The molecule has 0 radical (unpaired) electrons. The average molecular weight is 397 g/mol. The molecular formula is C22H32N6O. The summed E-state index contributed by atoms with van der Waals surface area (Å²) >= 11 is 0. The van der Waals surface area contributed by atoms with E-state index in [1.807, 2.05) is 36.1 Å². The monoisotopic (exact) mass is 396 g/mol. The molecule has 156 valence electrons. The van der Waals surface area contributed by atoms with E-state index in [0.717, 1.165) is 51.1 Å². The summed E-state index contributed by atoms with van der Waals surface area (Å²) in [5.74, 6) is 0.192. The number of likely N-dealkylation sites (tertiary alicyclic amines) is 2. The normalized spacial score (nSPS) is 25.6. The maximum atomic E-state index is 13.4. The average Bonchev–Trinajstić information content (AvgIpc) is 3.05. The summed E-state index contributed by atoms with van der Waals surface area (Å²) in [5.41, 5.74) is 3.09. The maximum Gasteiger partial charge on any atom is 0.228 e. The van der Waals surface area contributed by atoms with Crippen LogP contribution >= 0.6 is 0 Å². The number of hydrogen-bond acceptors (Lipinski definition) is 5. The molecule has 29 heavy (non-hydrogen) atoms. The highest BCUT2D eigenvalue weighted by molar-refractivity contribution is 5.83. The van der Waals surface area contributed by atoms with Crippen molar-refractivity contribution >= 4 is 5.91 Å². The van der Waals surface area contributed by atoms with Crippen LogP contribution in [0, 0.1) is 12.3 Å². The van der Waals surface area contributed by atoms with E-state index >= 15 is 0 Å². The molecule has 2 fully saturated rings. The van der Waals surface area contributed by atoms with Crippen LogP contribution in [0.1, 0.15) is 36.2 Å². The van der Waals surface area contributed by atoms with Gasteiger partial charge in [0.05, 0.1) is 23.9 Å². The van der Waals surface area contributed by atoms with Crippen molar-refractivity contribution in [2.45, 2.75) is 45.3 Å². The van der Waals surface area contributed by atoms with Gasteiger partial charge >= 0.3 is 0 Å². The molecule has 1 N–H and O–H groups in total. The second-order valence-corrected chi connectivity index (χ2v) is 8.62. The van der Waals surface area contributed by atoms with E-state index in [1.165, 1.54) is 11.3 Å². The Morgan fingerprint density at radius 3 is 2.86 bits per heavy atom. The van der Waals surface area contributed by atoms with Gasteiger partial charge in [0.1, 0.15) is 0 Å². The smallest absolute Gasteiger partial charge is 0.228 e. The predicted molar refractivity (Wildman–Crippen MR) is 112 cm³/mol. The van der Waals surface area contributed by atoms with Crippen molar-refractivity contribution in [1.82, 2.24) is 29.9 Å². The highest BCUT2D eigenvalue weighted by Gasteiger charge is 2.51. The number of fused-ring (bicyclic) bond motifs is 1. The summed E-state index contributed by atoms with van der Waals surface area (Å²) in [6.45, 7) is 6.43. The van der Waals surface area contributed by atoms with Gasteiger partial charge in [-0.1, -0.05) is 6.07 Å². The molecule has 2 aromatic rings. The van der Waals surface area contributed by atoms with Gasteiger partial charge in [-0.25, -0.2) is 0 Å². The standard InChI is InChI=1S/C22H32N6O/c1-17-18(13-25-27(17)3)15-28-12-9-22(8-6-11-26(2)20(22)16-28)21(29)24-14-19-7-4-5-10-23-19/h4-5,7,10,13,20H,6,8-9,11-12,14-16H2,1-3H3,(H,24,29)/t20-,22+/m0/s1. The summed E-state index contributed by atoms with van der Waals surface area (Å²) in [5, 5.41) is 7.58. The van der Waals surface area contributed by atoms with Gasteiger partial charge in [-0.15, -0.1) is 0 Å². The number of hydrogen-bond donors (Lipinski definition) is 1. The molecule has 1 amide bonds. The van der Waals surface area contributed by atoms with Crippen LogP contribution in [0.2, 0.25) is 0 Å². The SMILES string of the molecule is Cc1c(CN2CC[C@]3(C(=O)NCc4ccccn4)CCCN(C)[C@H]3C2)cnn1C. The van der Waals surface area contributed by atoms with E-state index in [2.05, 4.69) is 39.2 Å². The Balaban J connectivity index is 1.47. The Morgan fingerprint density at radius 2 is 2.14 bits per heavy atom. The van der Waals surface area contributed by atoms with E-state index in [9.17, 15) is 4.79 Å². The molecule has 4 heterocycles. The van der Waals surface area contributed by atoms with Crippen LogP contribution < -0.4 is 5.32 Å². The Hall–Kier alpha value is -2.25. The Kier molecular flexibility index (Phi) is 5.69. The molecule has 0 saturated carbocycles. The summed E-state index contributed by atoms with van der Waals surface area (Å²) in [6.07, 6.45) is 6.69. The molecule has 2 atom stereocenters. The third-order valence-electron chi connectivity index (χ3n) is 6.95. The fourth-order valence-electron chi connectivity index (χ4n) is 5.00. The van der Waals surface area contributed by atoms with Crippen LogP contribution in [-0.2, 0) is 24.9 Å². The molecule has 7 nitrogen and oxygen atoms in total. The minimum Gasteiger partial charge on any atom is -0.350 e. The van der Waals surface area contributed by atoms with Crippen LogP contribution in [0.25, 0.3) is 0 Å². The Bertz CT molecular complexity index is 850. The molecule has 2 aromatic heterocycles. The molecule has 2 saturated heterocycles. The molecule has 4 rings (SSSR count). The maximum absolute atomic E-state index is 13.4. The van der Waals surface area contributed by atoms with Crippen LogP contribution in [0.15, 0.2) is 30.6 Å². The molecule has 0 aliphatic carbocycles. The van der Waals surface area contributed by atoms with Gasteiger partial charge in [-0.3, -0.25) is 19.4 Å². The highest BCUT2D eigenvalue weighted by atomic mass is 16.2.